The van der Waals surface area contributed by atoms with Crippen molar-refractivity contribution in [1.82, 2.24) is 14.7 Å². The minimum Gasteiger partial charge on any atom is -0.341 e. The lowest BCUT2D eigenvalue weighted by Gasteiger charge is -2.26. The Morgan fingerprint density at radius 1 is 1.12 bits per heavy atom. The standard InChI is InChI=1S/C13H29N3O/c1-7-16(9-8-14(4)5)13(17)11-15(6)10-12(2)3/h12H,7-11H2,1-6H3. The van der Waals surface area contributed by atoms with Crippen LogP contribution in [-0.4, -0.2) is 74.5 Å². The summed E-state index contributed by atoms with van der Waals surface area (Å²) in [7, 11) is 6.07. The molecule has 0 aliphatic heterocycles. The van der Waals surface area contributed by atoms with Gasteiger partial charge in [-0.1, -0.05) is 13.8 Å². The van der Waals surface area contributed by atoms with Crippen LogP contribution < -0.4 is 0 Å². The highest BCUT2D eigenvalue weighted by atomic mass is 16.2. The molecule has 0 N–H and O–H groups in total. The molecule has 0 rings (SSSR count). The van der Waals surface area contributed by atoms with Crippen LogP contribution in [0.2, 0.25) is 0 Å². The largest absolute Gasteiger partial charge is 0.341 e. The summed E-state index contributed by atoms with van der Waals surface area (Å²) in [4.78, 5) is 18.2. The van der Waals surface area contributed by atoms with Gasteiger partial charge in [0.25, 0.3) is 0 Å². The molecular weight excluding hydrogens is 214 g/mol. The summed E-state index contributed by atoms with van der Waals surface area (Å²) in [6.45, 7) is 10.4. The van der Waals surface area contributed by atoms with Crippen molar-refractivity contribution in [3.05, 3.63) is 0 Å². The number of carbonyl (C=O) groups excluding carboxylic acids is 1. The summed E-state index contributed by atoms with van der Waals surface area (Å²) in [5, 5.41) is 0. The number of rotatable bonds is 8. The summed E-state index contributed by atoms with van der Waals surface area (Å²) in [5.41, 5.74) is 0. The van der Waals surface area contributed by atoms with Gasteiger partial charge in [-0.2, -0.15) is 0 Å². The SMILES string of the molecule is CCN(CCN(C)C)C(=O)CN(C)CC(C)C. The van der Waals surface area contributed by atoms with Crippen molar-refractivity contribution in [2.24, 2.45) is 5.92 Å². The minimum atomic E-state index is 0.234. The predicted octanol–water partition coefficient (Wildman–Crippen LogP) is 0.984. The zero-order valence-corrected chi connectivity index (χ0v) is 12.4. The molecule has 0 spiro atoms. The van der Waals surface area contributed by atoms with E-state index >= 15 is 0 Å². The van der Waals surface area contributed by atoms with E-state index in [1.165, 1.54) is 0 Å². The van der Waals surface area contributed by atoms with Crippen LogP contribution in [0, 0.1) is 5.92 Å². The average Bonchev–Trinajstić information content (AvgIpc) is 2.16. The number of carbonyl (C=O) groups is 1. The van der Waals surface area contributed by atoms with Gasteiger partial charge in [0.1, 0.15) is 0 Å². The van der Waals surface area contributed by atoms with E-state index in [2.05, 4.69) is 23.6 Å². The maximum Gasteiger partial charge on any atom is 0.236 e. The number of amides is 1. The van der Waals surface area contributed by atoms with Crippen LogP contribution in [0.4, 0.5) is 0 Å². The third kappa shape index (κ3) is 8.16. The monoisotopic (exact) mass is 243 g/mol. The normalized spacial score (nSPS) is 11.6. The van der Waals surface area contributed by atoms with Crippen molar-refractivity contribution < 1.29 is 4.79 Å². The van der Waals surface area contributed by atoms with Crippen molar-refractivity contribution in [3.8, 4) is 0 Å². The van der Waals surface area contributed by atoms with E-state index in [9.17, 15) is 4.79 Å². The molecule has 0 atom stereocenters. The fourth-order valence-electron chi connectivity index (χ4n) is 1.80. The van der Waals surface area contributed by atoms with E-state index in [0.717, 1.165) is 26.2 Å². The van der Waals surface area contributed by atoms with Gasteiger partial charge in [-0.25, -0.2) is 0 Å². The molecule has 0 aliphatic rings. The van der Waals surface area contributed by atoms with Gasteiger partial charge in [-0.3, -0.25) is 9.69 Å². The van der Waals surface area contributed by atoms with E-state index < -0.39 is 0 Å². The molecule has 0 bridgehead atoms. The molecule has 0 saturated carbocycles. The maximum atomic E-state index is 12.0. The Kier molecular flexibility index (Phi) is 8.17. The Labute approximate surface area is 107 Å². The first-order valence-corrected chi connectivity index (χ1v) is 6.47. The molecule has 4 nitrogen and oxygen atoms in total. The van der Waals surface area contributed by atoms with Gasteiger partial charge in [0.15, 0.2) is 0 Å². The minimum absolute atomic E-state index is 0.234. The molecule has 0 aromatic heterocycles. The Bertz CT molecular complexity index is 217. The smallest absolute Gasteiger partial charge is 0.236 e. The van der Waals surface area contributed by atoms with Crippen molar-refractivity contribution in [1.29, 1.82) is 0 Å². The van der Waals surface area contributed by atoms with Crippen molar-refractivity contribution >= 4 is 5.91 Å². The summed E-state index contributed by atoms with van der Waals surface area (Å²) in [6.07, 6.45) is 0. The molecule has 0 unspecified atom stereocenters. The zero-order chi connectivity index (χ0) is 13.4. The molecule has 4 heteroatoms. The van der Waals surface area contributed by atoms with Crippen LogP contribution in [0.25, 0.3) is 0 Å². The number of hydrogen-bond donors (Lipinski definition) is 0. The Morgan fingerprint density at radius 3 is 2.12 bits per heavy atom. The molecular formula is C13H29N3O. The van der Waals surface area contributed by atoms with Crippen LogP contribution >= 0.6 is 0 Å². The molecule has 0 aromatic rings. The molecule has 17 heavy (non-hydrogen) atoms. The van der Waals surface area contributed by atoms with Crippen molar-refractivity contribution in [2.45, 2.75) is 20.8 Å². The third-order valence-corrected chi connectivity index (χ3v) is 2.63. The predicted molar refractivity (Wildman–Crippen MR) is 73.1 cm³/mol. The first kappa shape index (κ1) is 16.4. The van der Waals surface area contributed by atoms with Crippen molar-refractivity contribution in [3.63, 3.8) is 0 Å². The fraction of sp³-hybridized carbons (Fsp3) is 0.923. The van der Waals surface area contributed by atoms with Crippen LogP contribution in [0.1, 0.15) is 20.8 Å². The van der Waals surface area contributed by atoms with Crippen LogP contribution in [0.15, 0.2) is 0 Å². The van der Waals surface area contributed by atoms with Crippen LogP contribution in [-0.2, 0) is 4.79 Å². The van der Waals surface area contributed by atoms with Crippen LogP contribution in [0.3, 0.4) is 0 Å². The summed E-state index contributed by atoms with van der Waals surface area (Å²) < 4.78 is 0. The summed E-state index contributed by atoms with van der Waals surface area (Å²) >= 11 is 0. The first-order chi connectivity index (χ1) is 7.86. The molecule has 102 valence electrons. The molecule has 0 aliphatic carbocycles. The topological polar surface area (TPSA) is 26.8 Å². The second kappa shape index (κ2) is 8.48. The highest BCUT2D eigenvalue weighted by Gasteiger charge is 2.14. The van der Waals surface area contributed by atoms with Gasteiger partial charge in [0, 0.05) is 26.2 Å². The van der Waals surface area contributed by atoms with Crippen LogP contribution in [0.5, 0.6) is 0 Å². The van der Waals surface area contributed by atoms with E-state index in [1.807, 2.05) is 33.0 Å². The average molecular weight is 243 g/mol. The second-order valence-corrected chi connectivity index (χ2v) is 5.37. The van der Waals surface area contributed by atoms with E-state index in [0.29, 0.717) is 12.5 Å². The second-order valence-electron chi connectivity index (χ2n) is 5.37. The number of nitrogens with zero attached hydrogens (tertiary/aromatic N) is 3. The maximum absolute atomic E-state index is 12.0. The lowest BCUT2D eigenvalue weighted by Crippen LogP contribution is -2.42. The van der Waals surface area contributed by atoms with E-state index in [4.69, 9.17) is 0 Å². The zero-order valence-electron chi connectivity index (χ0n) is 12.4. The quantitative estimate of drug-likeness (QED) is 0.636. The number of hydrogen-bond acceptors (Lipinski definition) is 3. The molecule has 0 fully saturated rings. The van der Waals surface area contributed by atoms with Gasteiger partial charge in [0.05, 0.1) is 6.54 Å². The Morgan fingerprint density at radius 2 is 1.71 bits per heavy atom. The number of likely N-dealkylation sites (N-methyl/N-ethyl adjacent to an activating group) is 3. The van der Waals surface area contributed by atoms with Crippen molar-refractivity contribution in [2.75, 3.05) is 53.9 Å². The van der Waals surface area contributed by atoms with Gasteiger partial charge in [-0.05, 0) is 34.0 Å². The molecule has 0 saturated heterocycles. The van der Waals surface area contributed by atoms with E-state index in [1.54, 1.807) is 0 Å². The van der Waals surface area contributed by atoms with Gasteiger partial charge in [0.2, 0.25) is 5.91 Å². The molecule has 0 radical (unpaired) electrons. The lowest BCUT2D eigenvalue weighted by molar-refractivity contribution is -0.132. The molecule has 0 aromatic carbocycles. The van der Waals surface area contributed by atoms with E-state index in [-0.39, 0.29) is 5.91 Å². The summed E-state index contributed by atoms with van der Waals surface area (Å²) in [6, 6.07) is 0. The van der Waals surface area contributed by atoms with Gasteiger partial charge in [-0.15, -0.1) is 0 Å². The Balaban J connectivity index is 4.07. The van der Waals surface area contributed by atoms with Gasteiger partial charge >= 0.3 is 0 Å². The molecule has 1 amide bonds. The Hall–Kier alpha value is -0.610. The molecule has 0 heterocycles. The lowest BCUT2D eigenvalue weighted by atomic mass is 10.2. The highest BCUT2D eigenvalue weighted by Crippen LogP contribution is 1.98. The summed E-state index contributed by atoms with van der Waals surface area (Å²) in [5.74, 6) is 0.835. The fourth-order valence-corrected chi connectivity index (χ4v) is 1.80. The first-order valence-electron chi connectivity index (χ1n) is 6.47. The van der Waals surface area contributed by atoms with Gasteiger partial charge < -0.3 is 9.80 Å². The highest BCUT2D eigenvalue weighted by molar-refractivity contribution is 5.78. The third-order valence-electron chi connectivity index (χ3n) is 2.63.